The third kappa shape index (κ3) is 7.72. The number of rotatable bonds is 0. The number of benzene rings is 1. The molecule has 2 aliphatic rings. The molecule has 0 saturated carbocycles. The van der Waals surface area contributed by atoms with Crippen LogP contribution in [-0.4, -0.2) is 35.1 Å². The summed E-state index contributed by atoms with van der Waals surface area (Å²) in [6, 6.07) is 10.5. The zero-order valence-electron chi connectivity index (χ0n) is 20.3. The second-order valence-electron chi connectivity index (χ2n) is 8.05. The van der Waals surface area contributed by atoms with Crippen LogP contribution in [0, 0.1) is 6.92 Å². The molecule has 1 aliphatic heterocycles. The third-order valence-corrected chi connectivity index (χ3v) is 5.20. The van der Waals surface area contributed by atoms with Gasteiger partial charge in [0.1, 0.15) is 5.76 Å². The summed E-state index contributed by atoms with van der Waals surface area (Å²) in [4.78, 5) is 11.7. The fraction of sp³-hybridized carbons (Fsp3) is 0.357. The van der Waals surface area contributed by atoms with Crippen LogP contribution in [-0.2, 0) is 11.3 Å². The average molecular weight is 445 g/mol. The van der Waals surface area contributed by atoms with E-state index in [4.69, 9.17) is 9.72 Å². The summed E-state index contributed by atoms with van der Waals surface area (Å²) in [7, 11) is 2.14. The molecule has 1 N–H and O–H groups in total. The average Bonchev–Trinajstić information content (AvgIpc) is 3.05. The lowest BCUT2D eigenvalue weighted by molar-refractivity contribution is 0.220. The summed E-state index contributed by atoms with van der Waals surface area (Å²) < 4.78 is 6.05. The van der Waals surface area contributed by atoms with Crippen molar-refractivity contribution >= 4 is 17.2 Å². The first-order chi connectivity index (χ1) is 16.2. The number of allylic oxidation sites excluding steroid dienone is 6. The standard InChI is InChI=1S/C26H30N4O.C2H6/c1-20-16-25-22-11-5-6-13-24(18-22)31-15-8-4-3-7-14-30(2)19-21-10-9-12-23(17-21)28-26(27-20)29-25;1-2/h3,5,7,9-13,16-18H,4,6,8,14-15,19H2,1-2H3,(H,27,28,29);1-2H3/b7-3+;. The molecule has 0 fully saturated rings. The van der Waals surface area contributed by atoms with Gasteiger partial charge in [-0.1, -0.05) is 50.3 Å². The molecule has 174 valence electrons. The first-order valence-corrected chi connectivity index (χ1v) is 11.9. The van der Waals surface area contributed by atoms with Gasteiger partial charge in [-0.2, -0.15) is 0 Å². The number of ether oxygens (including phenoxy) is 1. The maximum Gasteiger partial charge on any atom is 0.227 e. The zero-order chi connectivity index (χ0) is 23.5. The fourth-order valence-corrected chi connectivity index (χ4v) is 3.69. The highest BCUT2D eigenvalue weighted by Crippen LogP contribution is 2.24. The Labute approximate surface area is 198 Å². The van der Waals surface area contributed by atoms with Crippen LogP contribution in [0.2, 0.25) is 0 Å². The SMILES string of the molecule is CC.Cc1cc2nc(n1)Nc1cccc(c1)CN(C)C/C=C/CCCOC1=CCC=CC2=C1. The van der Waals surface area contributed by atoms with Crippen molar-refractivity contribution in [1.82, 2.24) is 14.9 Å². The van der Waals surface area contributed by atoms with E-state index in [0.29, 0.717) is 12.6 Å². The molecule has 0 amide bonds. The lowest BCUT2D eigenvalue weighted by Crippen LogP contribution is -2.17. The molecule has 0 spiro atoms. The smallest absolute Gasteiger partial charge is 0.227 e. The molecule has 1 aromatic heterocycles. The van der Waals surface area contributed by atoms with E-state index in [1.807, 2.05) is 26.8 Å². The molecule has 5 nitrogen and oxygen atoms in total. The van der Waals surface area contributed by atoms with Gasteiger partial charge in [0.05, 0.1) is 12.3 Å². The van der Waals surface area contributed by atoms with Crippen LogP contribution in [0.5, 0.6) is 0 Å². The predicted molar refractivity (Wildman–Crippen MR) is 138 cm³/mol. The van der Waals surface area contributed by atoms with Crippen LogP contribution in [0.3, 0.4) is 0 Å². The lowest BCUT2D eigenvalue weighted by Gasteiger charge is -2.15. The number of nitrogens with zero attached hydrogens (tertiary/aromatic N) is 3. The summed E-state index contributed by atoms with van der Waals surface area (Å²) >= 11 is 0. The van der Waals surface area contributed by atoms with Crippen molar-refractivity contribution in [2.45, 2.75) is 46.6 Å². The third-order valence-electron chi connectivity index (χ3n) is 5.20. The number of aryl methyl sites for hydroxylation is 1. The van der Waals surface area contributed by atoms with Crippen LogP contribution in [0.25, 0.3) is 5.57 Å². The normalized spacial score (nSPS) is 17.8. The number of hydrogen-bond donors (Lipinski definition) is 1. The fourth-order valence-electron chi connectivity index (χ4n) is 3.69. The highest BCUT2D eigenvalue weighted by atomic mass is 16.5. The Morgan fingerprint density at radius 2 is 1.94 bits per heavy atom. The quantitative estimate of drug-likeness (QED) is 0.465. The minimum Gasteiger partial charge on any atom is -0.494 e. The second kappa shape index (κ2) is 12.8. The molecule has 4 rings (SSSR count). The molecule has 0 radical (unpaired) electrons. The topological polar surface area (TPSA) is 50.3 Å². The van der Waals surface area contributed by atoms with Crippen LogP contribution >= 0.6 is 0 Å². The van der Waals surface area contributed by atoms with Crippen LogP contribution in [0.4, 0.5) is 11.6 Å². The number of fused-ring (bicyclic) bond motifs is 6. The molecule has 6 bridgehead atoms. The molecule has 0 saturated heterocycles. The lowest BCUT2D eigenvalue weighted by atomic mass is 10.1. The maximum absolute atomic E-state index is 6.05. The Balaban J connectivity index is 0.00000149. The molecule has 0 unspecified atom stereocenters. The molecule has 2 aromatic rings. The van der Waals surface area contributed by atoms with Gasteiger partial charge in [0.2, 0.25) is 5.95 Å². The molecule has 33 heavy (non-hydrogen) atoms. The van der Waals surface area contributed by atoms with Crippen LogP contribution in [0.1, 0.15) is 50.1 Å². The van der Waals surface area contributed by atoms with Crippen LogP contribution in [0.15, 0.2) is 72.5 Å². The van der Waals surface area contributed by atoms with Crippen molar-refractivity contribution in [3.05, 3.63) is 89.5 Å². The molecular weight excluding hydrogens is 408 g/mol. The van der Waals surface area contributed by atoms with Gasteiger partial charge in [-0.15, -0.1) is 0 Å². The monoisotopic (exact) mass is 444 g/mol. The molecule has 1 aliphatic carbocycles. The van der Waals surface area contributed by atoms with Crippen molar-refractivity contribution < 1.29 is 4.74 Å². The van der Waals surface area contributed by atoms with Crippen molar-refractivity contribution in [3.63, 3.8) is 0 Å². The van der Waals surface area contributed by atoms with E-state index in [-0.39, 0.29) is 0 Å². The minimum absolute atomic E-state index is 0.603. The zero-order valence-corrected chi connectivity index (χ0v) is 20.3. The Kier molecular flexibility index (Phi) is 9.45. The number of likely N-dealkylation sites (N-methyl/N-ethyl adjacent to an activating group) is 1. The summed E-state index contributed by atoms with van der Waals surface area (Å²) in [5.41, 5.74) is 5.09. The number of hydrogen-bond acceptors (Lipinski definition) is 5. The molecule has 5 heteroatoms. The van der Waals surface area contributed by atoms with Crippen molar-refractivity contribution in [2.75, 3.05) is 25.5 Å². The number of aromatic nitrogens is 2. The van der Waals surface area contributed by atoms with Gasteiger partial charge in [0.25, 0.3) is 0 Å². The van der Waals surface area contributed by atoms with E-state index in [2.05, 4.69) is 83.0 Å². The van der Waals surface area contributed by atoms with Gasteiger partial charge in [-0.3, -0.25) is 4.90 Å². The Morgan fingerprint density at radius 3 is 2.82 bits per heavy atom. The van der Waals surface area contributed by atoms with E-state index in [1.54, 1.807) is 0 Å². The second-order valence-corrected chi connectivity index (χ2v) is 8.05. The minimum atomic E-state index is 0.603. The van der Waals surface area contributed by atoms with E-state index in [0.717, 1.165) is 60.8 Å². The van der Waals surface area contributed by atoms with E-state index >= 15 is 0 Å². The summed E-state index contributed by atoms with van der Waals surface area (Å²) in [5.74, 6) is 1.51. The van der Waals surface area contributed by atoms with Gasteiger partial charge < -0.3 is 10.1 Å². The Bertz CT molecular complexity index is 1040. The van der Waals surface area contributed by atoms with Gasteiger partial charge in [-0.25, -0.2) is 9.97 Å². The van der Waals surface area contributed by atoms with Crippen molar-refractivity contribution in [1.29, 1.82) is 0 Å². The van der Waals surface area contributed by atoms with Gasteiger partial charge >= 0.3 is 0 Å². The van der Waals surface area contributed by atoms with Crippen molar-refractivity contribution in [2.24, 2.45) is 0 Å². The molecule has 1 aromatic carbocycles. The molecular formula is C28H36N4O. The predicted octanol–water partition coefficient (Wildman–Crippen LogP) is 6.58. The number of nitrogens with one attached hydrogen (secondary N) is 1. The largest absolute Gasteiger partial charge is 0.494 e. The van der Waals surface area contributed by atoms with Crippen molar-refractivity contribution in [3.8, 4) is 0 Å². The van der Waals surface area contributed by atoms with Gasteiger partial charge in [0.15, 0.2) is 0 Å². The summed E-state index contributed by atoms with van der Waals surface area (Å²) in [5, 5.41) is 3.39. The van der Waals surface area contributed by atoms with E-state index < -0.39 is 0 Å². The van der Waals surface area contributed by atoms with Gasteiger partial charge in [0, 0.05) is 30.0 Å². The van der Waals surface area contributed by atoms with Gasteiger partial charge in [-0.05, 0) is 69.1 Å². The Hall–Kier alpha value is -3.18. The van der Waals surface area contributed by atoms with E-state index in [1.165, 1.54) is 5.56 Å². The first kappa shape index (κ1) is 24.5. The van der Waals surface area contributed by atoms with E-state index in [9.17, 15) is 0 Å². The number of anilines is 2. The Morgan fingerprint density at radius 1 is 1.06 bits per heavy atom. The molecule has 0 atom stereocenters. The summed E-state index contributed by atoms with van der Waals surface area (Å²) in [6.07, 6.45) is 15.8. The molecule has 2 heterocycles. The summed E-state index contributed by atoms with van der Waals surface area (Å²) in [6.45, 7) is 8.51. The van der Waals surface area contributed by atoms with Crippen LogP contribution < -0.4 is 5.32 Å². The highest BCUT2D eigenvalue weighted by molar-refractivity contribution is 5.75. The first-order valence-electron chi connectivity index (χ1n) is 11.9. The maximum atomic E-state index is 6.05. The highest BCUT2D eigenvalue weighted by Gasteiger charge is 2.10.